The molecule has 2 aromatic carbocycles. The van der Waals surface area contributed by atoms with Gasteiger partial charge in [-0.05, 0) is 72.8 Å². The number of benzene rings is 2. The van der Waals surface area contributed by atoms with Crippen molar-refractivity contribution in [2.24, 2.45) is 0 Å². The molecule has 6 heteroatoms. The highest BCUT2D eigenvalue weighted by molar-refractivity contribution is 8.18. The van der Waals surface area contributed by atoms with Gasteiger partial charge in [-0.25, -0.2) is 0 Å². The van der Waals surface area contributed by atoms with Crippen LogP contribution in [0.2, 0.25) is 5.02 Å². The maximum Gasteiger partial charge on any atom is 0.293 e. The fourth-order valence-corrected chi connectivity index (χ4v) is 5.30. The van der Waals surface area contributed by atoms with Gasteiger partial charge in [0.05, 0.1) is 11.4 Å². The fraction of sp³-hybridized carbons (Fsp3) is 0.333. The molecule has 4 nitrogen and oxygen atoms in total. The van der Waals surface area contributed by atoms with Crippen molar-refractivity contribution in [1.82, 2.24) is 4.90 Å². The molecule has 0 N–H and O–H groups in total. The average molecular weight is 441 g/mol. The van der Waals surface area contributed by atoms with E-state index in [1.165, 1.54) is 10.5 Å². The highest BCUT2D eigenvalue weighted by atomic mass is 35.5. The van der Waals surface area contributed by atoms with Crippen LogP contribution in [0, 0.1) is 0 Å². The zero-order chi connectivity index (χ0) is 21.6. The quantitative estimate of drug-likeness (QED) is 0.525. The van der Waals surface area contributed by atoms with Crippen molar-refractivity contribution >= 4 is 46.3 Å². The third kappa shape index (κ3) is 3.77. The van der Waals surface area contributed by atoms with E-state index in [0.717, 1.165) is 35.0 Å². The molecule has 156 valence electrons. The van der Waals surface area contributed by atoms with E-state index in [1.807, 2.05) is 36.4 Å². The van der Waals surface area contributed by atoms with Crippen LogP contribution in [0.5, 0.6) is 0 Å². The van der Waals surface area contributed by atoms with E-state index in [-0.39, 0.29) is 23.2 Å². The summed E-state index contributed by atoms with van der Waals surface area (Å²) in [6.45, 7) is 6.96. The summed E-state index contributed by atoms with van der Waals surface area (Å²) in [5.74, 6) is 0.109. The minimum atomic E-state index is -0.269. The van der Waals surface area contributed by atoms with Crippen molar-refractivity contribution in [3.8, 4) is 0 Å². The van der Waals surface area contributed by atoms with Crippen molar-refractivity contribution in [2.45, 2.75) is 45.2 Å². The van der Waals surface area contributed by atoms with Crippen molar-refractivity contribution in [3.05, 3.63) is 69.1 Å². The summed E-state index contributed by atoms with van der Waals surface area (Å²) >= 11 is 7.58. The number of rotatable bonds is 3. The van der Waals surface area contributed by atoms with E-state index in [0.29, 0.717) is 15.8 Å². The van der Waals surface area contributed by atoms with Crippen LogP contribution in [0.1, 0.15) is 49.8 Å². The Labute approximate surface area is 186 Å². The number of thioether (sulfide) groups is 1. The fourth-order valence-electron chi connectivity index (χ4n) is 4.26. The molecule has 1 saturated heterocycles. The first-order valence-corrected chi connectivity index (χ1v) is 11.2. The molecular weight excluding hydrogens is 416 g/mol. The van der Waals surface area contributed by atoms with Gasteiger partial charge in [-0.3, -0.25) is 14.5 Å². The topological polar surface area (TPSA) is 40.6 Å². The minimum Gasteiger partial charge on any atom is -0.369 e. The van der Waals surface area contributed by atoms with Crippen molar-refractivity contribution < 1.29 is 9.59 Å². The summed E-state index contributed by atoms with van der Waals surface area (Å²) in [6, 6.07) is 13.6. The third-order valence-corrected chi connectivity index (χ3v) is 7.33. The lowest BCUT2D eigenvalue weighted by Crippen LogP contribution is -2.45. The number of carbonyl (C=O) groups is 2. The van der Waals surface area contributed by atoms with Gasteiger partial charge in [-0.15, -0.1) is 0 Å². The van der Waals surface area contributed by atoms with E-state index >= 15 is 0 Å². The van der Waals surface area contributed by atoms with Gasteiger partial charge in [0.25, 0.3) is 11.1 Å². The molecule has 2 aliphatic heterocycles. The molecule has 2 heterocycles. The molecule has 0 radical (unpaired) electrons. The lowest BCUT2D eigenvalue weighted by Gasteiger charge is -2.45. The number of anilines is 1. The van der Waals surface area contributed by atoms with Gasteiger partial charge in [0, 0.05) is 23.3 Å². The standard InChI is InChI=1S/C24H25ClN2O2S/c1-15-13-24(2,3)26(4)20-12-19(25)17(10-18(15)20)11-21-22(28)27(23(29)30-21)14-16-8-6-5-7-9-16/h5-12,15H,13-14H2,1-4H3/b21-11+. The molecule has 1 fully saturated rings. The maximum atomic E-state index is 12.9. The number of amides is 2. The van der Waals surface area contributed by atoms with Crippen LogP contribution in [0.15, 0.2) is 47.4 Å². The predicted octanol–water partition coefficient (Wildman–Crippen LogP) is 6.30. The Morgan fingerprint density at radius 2 is 1.90 bits per heavy atom. The molecule has 2 amide bonds. The number of hydrogen-bond acceptors (Lipinski definition) is 4. The third-order valence-electron chi connectivity index (χ3n) is 6.10. The number of imide groups is 1. The molecule has 0 aliphatic carbocycles. The monoisotopic (exact) mass is 440 g/mol. The number of nitrogens with zero attached hydrogens (tertiary/aromatic N) is 2. The molecule has 30 heavy (non-hydrogen) atoms. The second-order valence-corrected chi connectivity index (χ2v) is 10.1. The number of halogens is 1. The first-order chi connectivity index (χ1) is 14.2. The van der Waals surface area contributed by atoms with E-state index in [2.05, 4.69) is 38.8 Å². The molecule has 0 spiro atoms. The first-order valence-electron chi connectivity index (χ1n) is 10.0. The SMILES string of the molecule is CC1CC(C)(C)N(C)c2cc(Cl)c(/C=C3/SC(=O)N(Cc4ccccc4)C3=O)cc21. The van der Waals surface area contributed by atoms with Crippen LogP contribution >= 0.6 is 23.4 Å². The van der Waals surface area contributed by atoms with Gasteiger partial charge in [0.1, 0.15) is 0 Å². The summed E-state index contributed by atoms with van der Waals surface area (Å²) in [5.41, 5.74) is 4.10. The van der Waals surface area contributed by atoms with Crippen LogP contribution in [-0.4, -0.2) is 28.6 Å². The van der Waals surface area contributed by atoms with Crippen LogP contribution in [0.4, 0.5) is 10.5 Å². The Morgan fingerprint density at radius 3 is 2.60 bits per heavy atom. The Hall–Kier alpha value is -2.24. The van der Waals surface area contributed by atoms with Crippen LogP contribution in [0.25, 0.3) is 6.08 Å². The number of carbonyl (C=O) groups excluding carboxylic acids is 2. The molecule has 2 aliphatic rings. The molecule has 2 aromatic rings. The highest BCUT2D eigenvalue weighted by Gasteiger charge is 2.36. The Bertz CT molecular complexity index is 1050. The van der Waals surface area contributed by atoms with Gasteiger partial charge in [0.15, 0.2) is 0 Å². The maximum absolute atomic E-state index is 12.9. The van der Waals surface area contributed by atoms with E-state index in [4.69, 9.17) is 11.6 Å². The molecule has 0 bridgehead atoms. The lowest BCUT2D eigenvalue weighted by molar-refractivity contribution is -0.123. The van der Waals surface area contributed by atoms with Crippen LogP contribution in [-0.2, 0) is 11.3 Å². The summed E-state index contributed by atoms with van der Waals surface area (Å²) in [4.78, 5) is 29.3. The van der Waals surface area contributed by atoms with Crippen molar-refractivity contribution in [2.75, 3.05) is 11.9 Å². The normalized spacial score (nSPS) is 22.0. The smallest absolute Gasteiger partial charge is 0.293 e. The van der Waals surface area contributed by atoms with Gasteiger partial charge in [-0.1, -0.05) is 48.9 Å². The summed E-state index contributed by atoms with van der Waals surface area (Å²) < 4.78 is 0. The summed E-state index contributed by atoms with van der Waals surface area (Å²) in [6.07, 6.45) is 2.79. The largest absolute Gasteiger partial charge is 0.369 e. The van der Waals surface area contributed by atoms with E-state index in [1.54, 1.807) is 6.08 Å². The molecule has 4 rings (SSSR count). The molecule has 1 atom stereocenters. The molecular formula is C24H25ClN2O2S. The second-order valence-electron chi connectivity index (χ2n) is 8.66. The molecule has 0 saturated carbocycles. The Balaban J connectivity index is 1.65. The van der Waals surface area contributed by atoms with Crippen LogP contribution < -0.4 is 4.90 Å². The minimum absolute atomic E-state index is 0.0529. The predicted molar refractivity (Wildman–Crippen MR) is 125 cm³/mol. The van der Waals surface area contributed by atoms with Gasteiger partial charge >= 0.3 is 0 Å². The first kappa shape index (κ1) is 21.0. The average Bonchev–Trinajstić information content (AvgIpc) is 2.95. The summed E-state index contributed by atoms with van der Waals surface area (Å²) in [5, 5.41) is 0.333. The van der Waals surface area contributed by atoms with Crippen LogP contribution in [0.3, 0.4) is 0 Å². The van der Waals surface area contributed by atoms with Crippen molar-refractivity contribution in [1.29, 1.82) is 0 Å². The summed E-state index contributed by atoms with van der Waals surface area (Å²) in [7, 11) is 2.09. The van der Waals surface area contributed by atoms with E-state index in [9.17, 15) is 9.59 Å². The molecule has 1 unspecified atom stereocenters. The van der Waals surface area contributed by atoms with Gasteiger partial charge in [0.2, 0.25) is 0 Å². The van der Waals surface area contributed by atoms with E-state index < -0.39 is 0 Å². The van der Waals surface area contributed by atoms with Crippen molar-refractivity contribution in [3.63, 3.8) is 0 Å². The lowest BCUT2D eigenvalue weighted by atomic mass is 9.80. The highest BCUT2D eigenvalue weighted by Crippen LogP contribution is 2.45. The van der Waals surface area contributed by atoms with Gasteiger partial charge in [-0.2, -0.15) is 0 Å². The molecule has 0 aromatic heterocycles. The zero-order valence-corrected chi connectivity index (χ0v) is 19.2. The van der Waals surface area contributed by atoms with Gasteiger partial charge < -0.3 is 4.90 Å². The Kier molecular flexibility index (Phi) is 5.45. The Morgan fingerprint density at radius 1 is 1.20 bits per heavy atom. The second kappa shape index (κ2) is 7.78. The zero-order valence-electron chi connectivity index (χ0n) is 17.6. The number of hydrogen-bond donors (Lipinski definition) is 0. The number of fused-ring (bicyclic) bond motifs is 1.